The summed E-state index contributed by atoms with van der Waals surface area (Å²) in [5.41, 5.74) is 0. The lowest BCUT2D eigenvalue weighted by Crippen LogP contribution is -2.37. The van der Waals surface area contributed by atoms with Gasteiger partial charge in [-0.15, -0.1) is 0 Å². The molecule has 3 nitrogen and oxygen atoms in total. The quantitative estimate of drug-likeness (QED) is 0.773. The fourth-order valence-corrected chi connectivity index (χ4v) is 2.08. The maximum absolute atomic E-state index is 9.64. The molecule has 3 atom stereocenters. The van der Waals surface area contributed by atoms with Gasteiger partial charge in [-0.05, 0) is 38.3 Å². The van der Waals surface area contributed by atoms with Crippen molar-refractivity contribution in [3.63, 3.8) is 0 Å². The summed E-state index contributed by atoms with van der Waals surface area (Å²) < 4.78 is 5.30. The molecule has 1 fully saturated rings. The van der Waals surface area contributed by atoms with Gasteiger partial charge >= 0.3 is 0 Å². The third kappa shape index (κ3) is 1.99. The zero-order valence-corrected chi connectivity index (χ0v) is 8.44. The number of rotatable bonds is 3. The fourth-order valence-electron chi connectivity index (χ4n) is 2.08. The standard InChI is InChI=1S/C11H17NO2/c1-8(11-6-3-7-14-11)12-9-4-2-5-10(9)13/h3,6-10,12-13H,2,4-5H2,1H3/t8-,9+,10+/m0/s1. The van der Waals surface area contributed by atoms with Gasteiger partial charge in [0.05, 0.1) is 18.4 Å². The molecule has 78 valence electrons. The van der Waals surface area contributed by atoms with E-state index in [9.17, 15) is 5.11 Å². The first-order valence-electron chi connectivity index (χ1n) is 5.25. The molecule has 0 bridgehead atoms. The Kier molecular flexibility index (Phi) is 2.89. The Morgan fingerprint density at radius 2 is 2.43 bits per heavy atom. The number of aliphatic hydroxyl groups excluding tert-OH is 1. The number of hydrogen-bond donors (Lipinski definition) is 2. The number of aliphatic hydroxyl groups is 1. The third-order valence-corrected chi connectivity index (χ3v) is 2.91. The molecule has 1 aromatic rings. The van der Waals surface area contributed by atoms with Gasteiger partial charge in [0.1, 0.15) is 5.76 Å². The molecule has 0 aromatic carbocycles. The van der Waals surface area contributed by atoms with Crippen molar-refractivity contribution in [3.05, 3.63) is 24.2 Å². The smallest absolute Gasteiger partial charge is 0.120 e. The Labute approximate surface area is 84.1 Å². The molecular formula is C11H17NO2. The molecule has 0 spiro atoms. The van der Waals surface area contributed by atoms with Crippen molar-refractivity contribution in [2.75, 3.05) is 0 Å². The highest BCUT2D eigenvalue weighted by Crippen LogP contribution is 2.22. The molecule has 1 aliphatic carbocycles. The molecule has 0 radical (unpaired) electrons. The van der Waals surface area contributed by atoms with E-state index in [-0.39, 0.29) is 18.2 Å². The summed E-state index contributed by atoms with van der Waals surface area (Å²) in [6, 6.07) is 4.26. The zero-order chi connectivity index (χ0) is 9.97. The van der Waals surface area contributed by atoms with Crippen LogP contribution in [0, 0.1) is 0 Å². The third-order valence-electron chi connectivity index (χ3n) is 2.91. The molecule has 14 heavy (non-hydrogen) atoms. The highest BCUT2D eigenvalue weighted by molar-refractivity contribution is 5.04. The normalized spacial score (nSPS) is 29.3. The van der Waals surface area contributed by atoms with E-state index in [2.05, 4.69) is 12.2 Å². The predicted octanol–water partition coefficient (Wildman–Crippen LogP) is 1.84. The van der Waals surface area contributed by atoms with E-state index in [1.165, 1.54) is 0 Å². The van der Waals surface area contributed by atoms with Crippen molar-refractivity contribution in [1.82, 2.24) is 5.32 Å². The average Bonchev–Trinajstić information content (AvgIpc) is 2.77. The van der Waals surface area contributed by atoms with Crippen molar-refractivity contribution < 1.29 is 9.52 Å². The van der Waals surface area contributed by atoms with E-state index in [4.69, 9.17) is 4.42 Å². The lowest BCUT2D eigenvalue weighted by Gasteiger charge is -2.20. The van der Waals surface area contributed by atoms with Gasteiger partial charge in [0.25, 0.3) is 0 Å². The molecule has 1 heterocycles. The van der Waals surface area contributed by atoms with Crippen LogP contribution in [0.4, 0.5) is 0 Å². The van der Waals surface area contributed by atoms with Crippen molar-refractivity contribution >= 4 is 0 Å². The Morgan fingerprint density at radius 1 is 1.57 bits per heavy atom. The Hall–Kier alpha value is -0.800. The van der Waals surface area contributed by atoms with Crippen LogP contribution < -0.4 is 5.32 Å². The SMILES string of the molecule is C[C@H](N[C@@H]1CCC[C@H]1O)c1ccco1. The van der Waals surface area contributed by atoms with Gasteiger partial charge < -0.3 is 14.8 Å². The Balaban J connectivity index is 1.91. The summed E-state index contributed by atoms with van der Waals surface area (Å²) in [6.45, 7) is 2.06. The van der Waals surface area contributed by atoms with Gasteiger partial charge in [-0.3, -0.25) is 0 Å². The fraction of sp³-hybridized carbons (Fsp3) is 0.636. The van der Waals surface area contributed by atoms with Crippen molar-refractivity contribution in [1.29, 1.82) is 0 Å². The molecule has 0 unspecified atom stereocenters. The minimum atomic E-state index is -0.188. The monoisotopic (exact) mass is 195 g/mol. The van der Waals surface area contributed by atoms with Crippen molar-refractivity contribution in [3.8, 4) is 0 Å². The summed E-state index contributed by atoms with van der Waals surface area (Å²) in [5, 5.41) is 13.0. The van der Waals surface area contributed by atoms with Crippen LogP contribution in [-0.2, 0) is 0 Å². The van der Waals surface area contributed by atoms with Gasteiger partial charge in [0, 0.05) is 6.04 Å². The lowest BCUT2D eigenvalue weighted by atomic mass is 10.1. The van der Waals surface area contributed by atoms with Crippen LogP contribution in [0.25, 0.3) is 0 Å². The van der Waals surface area contributed by atoms with Gasteiger partial charge in [0.2, 0.25) is 0 Å². The highest BCUT2D eigenvalue weighted by Gasteiger charge is 2.26. The molecule has 3 heteroatoms. The van der Waals surface area contributed by atoms with Crippen LogP contribution in [0.5, 0.6) is 0 Å². The molecule has 1 aromatic heterocycles. The van der Waals surface area contributed by atoms with Gasteiger partial charge in [-0.25, -0.2) is 0 Å². The molecular weight excluding hydrogens is 178 g/mol. The molecule has 1 saturated carbocycles. The molecule has 2 N–H and O–H groups in total. The second-order valence-electron chi connectivity index (χ2n) is 4.01. The number of nitrogens with one attached hydrogen (secondary N) is 1. The van der Waals surface area contributed by atoms with Gasteiger partial charge in [0.15, 0.2) is 0 Å². The van der Waals surface area contributed by atoms with Gasteiger partial charge in [-0.2, -0.15) is 0 Å². The molecule has 2 rings (SSSR count). The van der Waals surface area contributed by atoms with E-state index >= 15 is 0 Å². The van der Waals surface area contributed by atoms with Crippen LogP contribution in [0.1, 0.15) is 38.0 Å². The molecule has 0 saturated heterocycles. The summed E-state index contributed by atoms with van der Waals surface area (Å²) in [6.07, 6.45) is 4.59. The van der Waals surface area contributed by atoms with Crippen LogP contribution in [0.15, 0.2) is 22.8 Å². The average molecular weight is 195 g/mol. The minimum absolute atomic E-state index is 0.183. The van der Waals surface area contributed by atoms with E-state index < -0.39 is 0 Å². The van der Waals surface area contributed by atoms with Crippen molar-refractivity contribution in [2.24, 2.45) is 0 Å². The Morgan fingerprint density at radius 3 is 3.00 bits per heavy atom. The molecule has 1 aliphatic rings. The van der Waals surface area contributed by atoms with Crippen LogP contribution in [0.3, 0.4) is 0 Å². The van der Waals surface area contributed by atoms with E-state index in [0.717, 1.165) is 25.0 Å². The van der Waals surface area contributed by atoms with Crippen LogP contribution in [0.2, 0.25) is 0 Å². The largest absolute Gasteiger partial charge is 0.468 e. The second kappa shape index (κ2) is 4.15. The first-order chi connectivity index (χ1) is 6.77. The topological polar surface area (TPSA) is 45.4 Å². The van der Waals surface area contributed by atoms with E-state index in [1.54, 1.807) is 6.26 Å². The zero-order valence-electron chi connectivity index (χ0n) is 8.44. The second-order valence-corrected chi connectivity index (χ2v) is 4.01. The van der Waals surface area contributed by atoms with E-state index in [0.29, 0.717) is 0 Å². The summed E-state index contributed by atoms with van der Waals surface area (Å²) in [7, 11) is 0. The first-order valence-corrected chi connectivity index (χ1v) is 5.25. The molecule has 0 aliphatic heterocycles. The minimum Gasteiger partial charge on any atom is -0.468 e. The van der Waals surface area contributed by atoms with Crippen molar-refractivity contribution in [2.45, 2.75) is 44.4 Å². The summed E-state index contributed by atoms with van der Waals surface area (Å²) in [4.78, 5) is 0. The number of furan rings is 1. The predicted molar refractivity (Wildman–Crippen MR) is 53.9 cm³/mol. The van der Waals surface area contributed by atoms with E-state index in [1.807, 2.05) is 12.1 Å². The van der Waals surface area contributed by atoms with Crippen LogP contribution in [-0.4, -0.2) is 17.3 Å². The van der Waals surface area contributed by atoms with Gasteiger partial charge in [-0.1, -0.05) is 0 Å². The Bertz CT molecular complexity index is 271. The summed E-state index contributed by atoms with van der Waals surface area (Å²) in [5.74, 6) is 0.934. The number of hydrogen-bond acceptors (Lipinski definition) is 3. The highest BCUT2D eigenvalue weighted by atomic mass is 16.3. The molecule has 0 amide bonds. The maximum atomic E-state index is 9.64. The lowest BCUT2D eigenvalue weighted by molar-refractivity contribution is 0.142. The maximum Gasteiger partial charge on any atom is 0.120 e. The van der Waals surface area contributed by atoms with Crippen LogP contribution >= 0.6 is 0 Å². The summed E-state index contributed by atoms with van der Waals surface area (Å²) >= 11 is 0. The first kappa shape index (κ1) is 9.74.